The SMILES string of the molecule is CCc1ccsc1C(F)CCN. The van der Waals surface area contributed by atoms with Gasteiger partial charge in [0.1, 0.15) is 6.17 Å². The third-order valence-electron chi connectivity index (χ3n) is 1.87. The maximum Gasteiger partial charge on any atom is 0.136 e. The molecule has 0 saturated carbocycles. The summed E-state index contributed by atoms with van der Waals surface area (Å²) in [7, 11) is 0. The molecular formula is C9H14FNS. The van der Waals surface area contributed by atoms with Gasteiger partial charge in [-0.2, -0.15) is 0 Å². The number of alkyl halides is 1. The zero-order valence-electron chi connectivity index (χ0n) is 7.22. The lowest BCUT2D eigenvalue weighted by molar-refractivity contribution is 0.331. The van der Waals surface area contributed by atoms with Gasteiger partial charge in [0.15, 0.2) is 0 Å². The van der Waals surface area contributed by atoms with Crippen molar-refractivity contribution in [1.29, 1.82) is 0 Å². The van der Waals surface area contributed by atoms with Gasteiger partial charge in [-0.3, -0.25) is 0 Å². The number of hydrogen-bond donors (Lipinski definition) is 1. The van der Waals surface area contributed by atoms with Crippen molar-refractivity contribution in [3.63, 3.8) is 0 Å². The summed E-state index contributed by atoms with van der Waals surface area (Å²) in [6.45, 7) is 2.46. The van der Waals surface area contributed by atoms with Gasteiger partial charge in [0.2, 0.25) is 0 Å². The Morgan fingerprint density at radius 3 is 3.00 bits per heavy atom. The molecule has 0 aliphatic rings. The Morgan fingerprint density at radius 1 is 1.67 bits per heavy atom. The molecule has 0 spiro atoms. The first-order valence-electron chi connectivity index (χ1n) is 4.20. The Kier molecular flexibility index (Phi) is 3.69. The molecule has 1 aromatic rings. The van der Waals surface area contributed by atoms with Gasteiger partial charge in [-0.1, -0.05) is 6.92 Å². The molecule has 1 heterocycles. The smallest absolute Gasteiger partial charge is 0.136 e. The molecule has 1 unspecified atom stereocenters. The summed E-state index contributed by atoms with van der Waals surface area (Å²) in [5, 5.41) is 1.94. The van der Waals surface area contributed by atoms with Crippen LogP contribution >= 0.6 is 11.3 Å². The van der Waals surface area contributed by atoms with E-state index < -0.39 is 6.17 Å². The molecule has 0 fully saturated rings. The Bertz CT molecular complexity index is 234. The van der Waals surface area contributed by atoms with Gasteiger partial charge >= 0.3 is 0 Å². The van der Waals surface area contributed by atoms with Crippen LogP contribution in [0.1, 0.15) is 30.0 Å². The second kappa shape index (κ2) is 4.58. The number of halogens is 1. The summed E-state index contributed by atoms with van der Waals surface area (Å²) in [4.78, 5) is 0.864. The fraction of sp³-hybridized carbons (Fsp3) is 0.556. The molecule has 0 aromatic carbocycles. The topological polar surface area (TPSA) is 26.0 Å². The molecule has 0 bridgehead atoms. The van der Waals surface area contributed by atoms with Gasteiger partial charge < -0.3 is 5.73 Å². The second-order valence-electron chi connectivity index (χ2n) is 2.71. The van der Waals surface area contributed by atoms with Crippen molar-refractivity contribution in [2.45, 2.75) is 25.9 Å². The highest BCUT2D eigenvalue weighted by atomic mass is 32.1. The van der Waals surface area contributed by atoms with Crippen LogP contribution in [0, 0.1) is 0 Å². The fourth-order valence-corrected chi connectivity index (χ4v) is 2.20. The lowest BCUT2D eigenvalue weighted by atomic mass is 10.1. The second-order valence-corrected chi connectivity index (χ2v) is 3.66. The van der Waals surface area contributed by atoms with E-state index in [1.54, 1.807) is 0 Å². The highest BCUT2D eigenvalue weighted by Crippen LogP contribution is 2.29. The third kappa shape index (κ3) is 2.05. The van der Waals surface area contributed by atoms with Gasteiger partial charge in [-0.25, -0.2) is 4.39 Å². The highest BCUT2D eigenvalue weighted by Gasteiger charge is 2.13. The van der Waals surface area contributed by atoms with Crippen LogP contribution < -0.4 is 5.73 Å². The van der Waals surface area contributed by atoms with Gasteiger partial charge in [0.05, 0.1) is 0 Å². The highest BCUT2D eigenvalue weighted by molar-refractivity contribution is 7.10. The monoisotopic (exact) mass is 187 g/mol. The van der Waals surface area contributed by atoms with Crippen molar-refractivity contribution >= 4 is 11.3 Å². The summed E-state index contributed by atoms with van der Waals surface area (Å²) < 4.78 is 13.3. The van der Waals surface area contributed by atoms with Gasteiger partial charge in [0, 0.05) is 4.88 Å². The van der Waals surface area contributed by atoms with Crippen LogP contribution in [0.4, 0.5) is 4.39 Å². The molecule has 0 aliphatic heterocycles. The van der Waals surface area contributed by atoms with E-state index in [1.165, 1.54) is 11.3 Å². The van der Waals surface area contributed by atoms with Crippen LogP contribution in [0.5, 0.6) is 0 Å². The van der Waals surface area contributed by atoms with E-state index in [1.807, 2.05) is 18.4 Å². The van der Waals surface area contributed by atoms with E-state index in [0.29, 0.717) is 13.0 Å². The van der Waals surface area contributed by atoms with E-state index >= 15 is 0 Å². The van der Waals surface area contributed by atoms with Crippen molar-refractivity contribution in [1.82, 2.24) is 0 Å². The number of hydrogen-bond acceptors (Lipinski definition) is 2. The van der Waals surface area contributed by atoms with Crippen molar-refractivity contribution in [2.24, 2.45) is 5.73 Å². The van der Waals surface area contributed by atoms with E-state index in [2.05, 4.69) is 0 Å². The van der Waals surface area contributed by atoms with Crippen LogP contribution in [0.25, 0.3) is 0 Å². The number of nitrogens with two attached hydrogens (primary N) is 1. The molecule has 0 amide bonds. The van der Waals surface area contributed by atoms with Gasteiger partial charge in [0.25, 0.3) is 0 Å². The Labute approximate surface area is 76.4 Å². The predicted molar refractivity (Wildman–Crippen MR) is 51.2 cm³/mol. The minimum absolute atomic E-state index is 0.419. The largest absolute Gasteiger partial charge is 0.330 e. The quantitative estimate of drug-likeness (QED) is 0.770. The van der Waals surface area contributed by atoms with Gasteiger partial charge in [-0.15, -0.1) is 11.3 Å². The van der Waals surface area contributed by atoms with Crippen LogP contribution in [-0.2, 0) is 6.42 Å². The maximum absolute atomic E-state index is 13.3. The average Bonchev–Trinajstić information content (AvgIpc) is 2.51. The first-order chi connectivity index (χ1) is 5.79. The van der Waals surface area contributed by atoms with Crippen molar-refractivity contribution in [3.05, 3.63) is 21.9 Å². The molecule has 1 rings (SSSR count). The molecule has 1 nitrogen and oxygen atoms in total. The van der Waals surface area contributed by atoms with Gasteiger partial charge in [-0.05, 0) is 36.4 Å². The first-order valence-corrected chi connectivity index (χ1v) is 5.08. The molecular weight excluding hydrogens is 173 g/mol. The predicted octanol–water partition coefficient (Wildman–Crippen LogP) is 2.67. The van der Waals surface area contributed by atoms with Crippen molar-refractivity contribution < 1.29 is 4.39 Å². The molecule has 1 atom stereocenters. The summed E-state index contributed by atoms with van der Waals surface area (Å²) in [6, 6.07) is 1.99. The Morgan fingerprint density at radius 2 is 2.42 bits per heavy atom. The zero-order valence-corrected chi connectivity index (χ0v) is 8.03. The summed E-state index contributed by atoms with van der Waals surface area (Å²) in [6.07, 6.45) is 0.488. The minimum Gasteiger partial charge on any atom is -0.330 e. The summed E-state index contributed by atoms with van der Waals surface area (Å²) >= 11 is 1.49. The minimum atomic E-state index is -0.857. The fourth-order valence-electron chi connectivity index (χ4n) is 1.19. The Hall–Kier alpha value is -0.410. The molecule has 68 valence electrons. The standard InChI is InChI=1S/C9H14FNS/c1-2-7-4-6-12-9(7)8(10)3-5-11/h4,6,8H,2-3,5,11H2,1H3. The van der Waals surface area contributed by atoms with Crippen LogP contribution in [-0.4, -0.2) is 6.54 Å². The maximum atomic E-state index is 13.3. The lowest BCUT2D eigenvalue weighted by Gasteiger charge is -2.05. The molecule has 0 radical (unpaired) electrons. The van der Waals surface area contributed by atoms with Crippen molar-refractivity contribution in [3.8, 4) is 0 Å². The number of thiophene rings is 1. The molecule has 12 heavy (non-hydrogen) atoms. The number of aryl methyl sites for hydroxylation is 1. The van der Waals surface area contributed by atoms with Crippen molar-refractivity contribution in [2.75, 3.05) is 6.54 Å². The molecule has 3 heteroatoms. The molecule has 1 aromatic heterocycles. The zero-order chi connectivity index (χ0) is 8.97. The summed E-state index contributed by atoms with van der Waals surface area (Å²) in [5.74, 6) is 0. The first kappa shape index (κ1) is 9.68. The van der Waals surface area contributed by atoms with E-state index in [-0.39, 0.29) is 0 Å². The molecule has 0 aliphatic carbocycles. The molecule has 2 N–H and O–H groups in total. The third-order valence-corrected chi connectivity index (χ3v) is 2.91. The summed E-state index contributed by atoms with van der Waals surface area (Å²) in [5.41, 5.74) is 6.42. The van der Waals surface area contributed by atoms with Crippen LogP contribution in [0.2, 0.25) is 0 Å². The van der Waals surface area contributed by atoms with E-state index in [9.17, 15) is 4.39 Å². The normalized spacial score (nSPS) is 13.2. The Balaban J connectivity index is 2.71. The number of rotatable bonds is 4. The van der Waals surface area contributed by atoms with E-state index in [4.69, 9.17) is 5.73 Å². The van der Waals surface area contributed by atoms with Crippen LogP contribution in [0.15, 0.2) is 11.4 Å². The lowest BCUT2D eigenvalue weighted by Crippen LogP contribution is -2.03. The van der Waals surface area contributed by atoms with Crippen LogP contribution in [0.3, 0.4) is 0 Å². The van der Waals surface area contributed by atoms with E-state index in [0.717, 1.165) is 16.9 Å². The average molecular weight is 187 g/mol. The molecule has 0 saturated heterocycles.